The van der Waals surface area contributed by atoms with Crippen LogP contribution in [0.1, 0.15) is 97.2 Å². The Balaban J connectivity index is 0.647. The van der Waals surface area contributed by atoms with Crippen molar-refractivity contribution >= 4 is 46.3 Å². The van der Waals surface area contributed by atoms with Crippen molar-refractivity contribution in [2.24, 2.45) is 0 Å². The van der Waals surface area contributed by atoms with Crippen molar-refractivity contribution in [2.45, 2.75) is 64.2 Å². The quantitative estimate of drug-likeness (QED) is 0.126. The summed E-state index contributed by atoms with van der Waals surface area (Å²) >= 11 is 0. The van der Waals surface area contributed by atoms with Crippen LogP contribution in [-0.4, -0.2) is 0 Å². The van der Waals surface area contributed by atoms with Crippen LogP contribution in [0, 0.1) is 0 Å². The van der Waals surface area contributed by atoms with Gasteiger partial charge in [0, 0.05) is 50.4 Å². The van der Waals surface area contributed by atoms with Gasteiger partial charge in [-0.3, -0.25) is 0 Å². The largest absolute Gasteiger partial charge is 0.310 e. The van der Waals surface area contributed by atoms with E-state index in [-0.39, 0.29) is 16.2 Å². The molecule has 2 nitrogen and oxygen atoms in total. The van der Waals surface area contributed by atoms with Crippen LogP contribution in [0.15, 0.2) is 267 Å². The first-order chi connectivity index (χ1) is 41.9. The average molecular weight is 1100 g/mol. The summed E-state index contributed by atoms with van der Waals surface area (Å²) in [4.78, 5) is 4.90. The number of nitrogens with zero attached hydrogens (tertiary/aromatic N) is 2. The van der Waals surface area contributed by atoms with Crippen LogP contribution in [0.3, 0.4) is 0 Å². The summed E-state index contributed by atoms with van der Waals surface area (Å²) in [6.07, 6.45) is 5.38. The molecule has 0 amide bonds. The summed E-state index contributed by atoms with van der Waals surface area (Å²) < 4.78 is 0. The summed E-state index contributed by atoms with van der Waals surface area (Å²) in [6.45, 7) is 14.2. The van der Waals surface area contributed by atoms with Crippen molar-refractivity contribution in [3.63, 3.8) is 0 Å². The molecule has 0 spiro atoms. The molecular weight excluding hydrogens is 1040 g/mol. The maximum Gasteiger partial charge on any atom is 0.0465 e. The second-order valence-corrected chi connectivity index (χ2v) is 25.7. The number of hydrogen-bond acceptors (Lipinski definition) is 2. The van der Waals surface area contributed by atoms with Gasteiger partial charge in [-0.2, -0.15) is 0 Å². The molecule has 86 heavy (non-hydrogen) atoms. The van der Waals surface area contributed by atoms with Gasteiger partial charge < -0.3 is 9.80 Å². The van der Waals surface area contributed by atoms with E-state index in [0.717, 1.165) is 40.3 Å². The molecule has 0 bridgehead atoms. The van der Waals surface area contributed by atoms with E-state index in [1.54, 1.807) is 0 Å². The van der Waals surface area contributed by atoms with E-state index in [0.29, 0.717) is 0 Å². The molecule has 4 aliphatic carbocycles. The van der Waals surface area contributed by atoms with E-state index in [2.05, 4.69) is 330 Å². The minimum Gasteiger partial charge on any atom is -0.310 e. The Morgan fingerprint density at radius 2 is 0.523 bits per heavy atom. The second kappa shape index (κ2) is 19.5. The molecule has 0 aliphatic heterocycles. The lowest BCUT2D eigenvalue weighted by molar-refractivity contribution is 0.660. The summed E-state index contributed by atoms with van der Waals surface area (Å²) in [5, 5.41) is 0. The third-order valence-corrected chi connectivity index (χ3v) is 19.7. The Labute approximate surface area is 506 Å². The molecule has 412 valence electrons. The highest BCUT2D eigenvalue weighted by Crippen LogP contribution is 2.55. The first kappa shape index (κ1) is 51.6. The molecule has 4 aliphatic rings. The minimum atomic E-state index is -0.111. The first-order valence-corrected chi connectivity index (χ1v) is 30.5. The van der Waals surface area contributed by atoms with Gasteiger partial charge in [-0.25, -0.2) is 0 Å². The Hall–Kier alpha value is -10.0. The van der Waals surface area contributed by atoms with Gasteiger partial charge in [0.1, 0.15) is 0 Å². The monoisotopic (exact) mass is 1100 g/mol. The summed E-state index contributed by atoms with van der Waals surface area (Å²) in [5.41, 5.74) is 35.4. The van der Waals surface area contributed by atoms with Crippen LogP contribution in [-0.2, 0) is 22.7 Å². The SMILES string of the molecule is CC1(C)c2ccccc2-c2ccc(N(c3ccc(-c4ccc(/C=C/c5ccc(-c6ccc(N(c7ccc8c(c7)C(C)(C)c7ccccc7-8)c7ccc8c(c7)C(C)(C)c7ccccc7-8)cc6)cc5)cc4)cc3)c3ccc4c(c3)Cc3ccccc3-4)cc21. The van der Waals surface area contributed by atoms with E-state index in [1.807, 2.05) is 0 Å². The van der Waals surface area contributed by atoms with Crippen LogP contribution < -0.4 is 9.80 Å². The summed E-state index contributed by atoms with van der Waals surface area (Å²) in [6, 6.07) is 100. The number of hydrogen-bond donors (Lipinski definition) is 0. The van der Waals surface area contributed by atoms with E-state index in [4.69, 9.17) is 0 Å². The van der Waals surface area contributed by atoms with Crippen molar-refractivity contribution in [1.82, 2.24) is 0 Å². The molecule has 12 aromatic rings. The molecule has 0 saturated heterocycles. The molecule has 16 rings (SSSR count). The van der Waals surface area contributed by atoms with E-state index in [1.165, 1.54) is 123 Å². The zero-order valence-corrected chi connectivity index (χ0v) is 49.7. The minimum absolute atomic E-state index is 0.101. The molecule has 0 radical (unpaired) electrons. The van der Waals surface area contributed by atoms with Gasteiger partial charge in [-0.1, -0.05) is 248 Å². The first-order valence-electron chi connectivity index (χ1n) is 30.5. The highest BCUT2D eigenvalue weighted by molar-refractivity contribution is 5.91. The zero-order valence-electron chi connectivity index (χ0n) is 49.7. The van der Waals surface area contributed by atoms with Gasteiger partial charge in [0.25, 0.3) is 0 Å². The average Bonchev–Trinajstić information content (AvgIpc) is 1.95. The lowest BCUT2D eigenvalue weighted by atomic mass is 9.82. The van der Waals surface area contributed by atoms with Gasteiger partial charge in [0.05, 0.1) is 0 Å². The molecule has 0 heterocycles. The highest BCUT2D eigenvalue weighted by atomic mass is 15.1. The molecule has 0 aromatic heterocycles. The van der Waals surface area contributed by atoms with Crippen molar-refractivity contribution in [3.05, 3.63) is 323 Å². The van der Waals surface area contributed by atoms with E-state index < -0.39 is 0 Å². The topological polar surface area (TPSA) is 6.48 Å². The molecular formula is C84H66N2. The maximum absolute atomic E-state index is 2.46. The van der Waals surface area contributed by atoms with E-state index >= 15 is 0 Å². The number of rotatable bonds is 10. The van der Waals surface area contributed by atoms with Crippen molar-refractivity contribution in [2.75, 3.05) is 9.80 Å². The van der Waals surface area contributed by atoms with Gasteiger partial charge in [0.15, 0.2) is 0 Å². The van der Waals surface area contributed by atoms with Crippen molar-refractivity contribution in [3.8, 4) is 66.8 Å². The van der Waals surface area contributed by atoms with E-state index in [9.17, 15) is 0 Å². The summed E-state index contributed by atoms with van der Waals surface area (Å²) in [5.74, 6) is 0. The number of benzene rings is 12. The fourth-order valence-corrected chi connectivity index (χ4v) is 15.0. The predicted molar refractivity (Wildman–Crippen MR) is 363 cm³/mol. The van der Waals surface area contributed by atoms with Gasteiger partial charge in [-0.15, -0.1) is 0 Å². The number of fused-ring (bicyclic) bond motifs is 12. The molecule has 0 N–H and O–H groups in total. The van der Waals surface area contributed by atoms with Gasteiger partial charge >= 0.3 is 0 Å². The molecule has 0 fully saturated rings. The Morgan fingerprint density at radius 1 is 0.244 bits per heavy atom. The van der Waals surface area contributed by atoms with Crippen molar-refractivity contribution in [1.29, 1.82) is 0 Å². The Kier molecular flexibility index (Phi) is 11.7. The molecule has 2 heteroatoms. The summed E-state index contributed by atoms with van der Waals surface area (Å²) in [7, 11) is 0. The second-order valence-electron chi connectivity index (χ2n) is 25.7. The molecule has 0 atom stereocenters. The lowest BCUT2D eigenvalue weighted by Crippen LogP contribution is -2.18. The Bertz CT molecular complexity index is 4620. The zero-order chi connectivity index (χ0) is 58.1. The lowest BCUT2D eigenvalue weighted by Gasteiger charge is -2.30. The molecule has 12 aromatic carbocycles. The smallest absolute Gasteiger partial charge is 0.0465 e. The Morgan fingerprint density at radius 3 is 0.907 bits per heavy atom. The fourth-order valence-electron chi connectivity index (χ4n) is 15.0. The van der Waals surface area contributed by atoms with Gasteiger partial charge in [0.2, 0.25) is 0 Å². The van der Waals surface area contributed by atoms with Gasteiger partial charge in [-0.05, 0) is 202 Å². The van der Waals surface area contributed by atoms with Crippen LogP contribution in [0.5, 0.6) is 0 Å². The molecule has 0 saturated carbocycles. The van der Waals surface area contributed by atoms with Crippen LogP contribution in [0.2, 0.25) is 0 Å². The van der Waals surface area contributed by atoms with Crippen molar-refractivity contribution < 1.29 is 0 Å². The van der Waals surface area contributed by atoms with Crippen LogP contribution in [0.4, 0.5) is 34.1 Å². The maximum atomic E-state index is 2.46. The predicted octanol–water partition coefficient (Wildman–Crippen LogP) is 22.6. The standard InChI is InChI=1S/C84H66N2/c1-82(2)76-20-12-9-17-70(76)73-46-42-65(51-79(73)82)85(64-41-45-69-61(50-64)49-60-15-7-8-16-68(60)69)62-37-33-58(34-38-62)56-29-25-54(26-30-56)23-24-55-27-31-57(32-28-55)59-35-39-63(40-36-59)86(66-43-47-74-71-18-10-13-21-77(71)83(3,4)80(74)52-66)67-44-48-75-72-19-11-14-22-78(72)84(5,6)81(75)53-67/h7-48,50-53H,49H2,1-6H3/b24-23+. The molecule has 0 unspecified atom stereocenters. The number of anilines is 6. The third kappa shape index (κ3) is 8.22. The highest BCUT2D eigenvalue weighted by Gasteiger charge is 2.39. The normalized spacial score (nSPS) is 14.6. The third-order valence-electron chi connectivity index (χ3n) is 19.7. The fraction of sp³-hybridized carbons (Fsp3) is 0.119. The van der Waals surface area contributed by atoms with Crippen LogP contribution in [0.25, 0.3) is 78.9 Å². The van der Waals surface area contributed by atoms with Crippen LogP contribution >= 0.6 is 0 Å².